The molecule has 1 unspecified atom stereocenters. The minimum Gasteiger partial charge on any atom is -0.484 e. The summed E-state index contributed by atoms with van der Waals surface area (Å²) in [6.45, 7) is 1.83. The molecule has 2 N–H and O–H groups in total. The predicted molar refractivity (Wildman–Crippen MR) is 111 cm³/mol. The second kappa shape index (κ2) is 8.04. The largest absolute Gasteiger partial charge is 0.484 e. The SMILES string of the molecule is Cc1cc(NC(=O)COc2cccc(C3CC(=O)Nc4ncnn43)c2)ccc1Br. The molecule has 0 radical (unpaired) electrons. The lowest BCUT2D eigenvalue weighted by Crippen LogP contribution is -2.29. The molecule has 2 heterocycles. The third-order valence-corrected chi connectivity index (χ3v) is 5.44. The van der Waals surface area contributed by atoms with E-state index >= 15 is 0 Å². The maximum atomic E-state index is 12.2. The second-order valence-electron chi connectivity index (χ2n) is 6.67. The van der Waals surface area contributed by atoms with Gasteiger partial charge in [-0.1, -0.05) is 28.1 Å². The molecule has 2 aromatic carbocycles. The van der Waals surface area contributed by atoms with Gasteiger partial charge in [-0.2, -0.15) is 10.1 Å². The van der Waals surface area contributed by atoms with Crippen molar-refractivity contribution in [2.24, 2.45) is 0 Å². The van der Waals surface area contributed by atoms with Gasteiger partial charge in [-0.15, -0.1) is 0 Å². The molecule has 1 aliphatic heterocycles. The summed E-state index contributed by atoms with van der Waals surface area (Å²) in [7, 11) is 0. The number of carbonyl (C=O) groups excluding carboxylic acids is 2. The van der Waals surface area contributed by atoms with Gasteiger partial charge in [0.25, 0.3) is 5.91 Å². The zero-order valence-corrected chi connectivity index (χ0v) is 17.1. The molecule has 1 aromatic heterocycles. The fourth-order valence-electron chi connectivity index (χ4n) is 3.14. The first-order valence-electron chi connectivity index (χ1n) is 8.98. The molecule has 0 spiro atoms. The Balaban J connectivity index is 1.42. The minimum absolute atomic E-state index is 0.119. The fraction of sp³-hybridized carbons (Fsp3) is 0.200. The van der Waals surface area contributed by atoms with Crippen LogP contribution in [0.25, 0.3) is 0 Å². The van der Waals surface area contributed by atoms with E-state index in [-0.39, 0.29) is 30.9 Å². The van der Waals surface area contributed by atoms with Gasteiger partial charge in [0.05, 0.1) is 12.5 Å². The lowest BCUT2D eigenvalue weighted by atomic mass is 10.0. The van der Waals surface area contributed by atoms with Crippen molar-refractivity contribution in [2.45, 2.75) is 19.4 Å². The third-order valence-electron chi connectivity index (χ3n) is 4.55. The van der Waals surface area contributed by atoms with Crippen LogP contribution in [0.1, 0.15) is 23.6 Å². The number of hydrogen-bond donors (Lipinski definition) is 2. The predicted octanol–water partition coefficient (Wildman–Crippen LogP) is 3.30. The molecular weight excluding hydrogens is 438 g/mol. The quantitative estimate of drug-likeness (QED) is 0.614. The van der Waals surface area contributed by atoms with E-state index in [0.29, 0.717) is 17.4 Å². The van der Waals surface area contributed by atoms with Gasteiger partial charge >= 0.3 is 0 Å². The van der Waals surface area contributed by atoms with Crippen molar-refractivity contribution in [3.05, 3.63) is 64.4 Å². The number of ether oxygens (including phenoxy) is 1. The number of carbonyl (C=O) groups is 2. The highest BCUT2D eigenvalue weighted by atomic mass is 79.9. The molecule has 4 rings (SSSR count). The summed E-state index contributed by atoms with van der Waals surface area (Å²) in [4.78, 5) is 28.2. The molecule has 9 heteroatoms. The monoisotopic (exact) mass is 455 g/mol. The van der Waals surface area contributed by atoms with Gasteiger partial charge in [0, 0.05) is 10.2 Å². The number of nitrogens with zero attached hydrogens (tertiary/aromatic N) is 3. The average Bonchev–Trinajstić information content (AvgIpc) is 3.17. The van der Waals surface area contributed by atoms with Gasteiger partial charge in [-0.05, 0) is 48.4 Å². The first-order chi connectivity index (χ1) is 14.0. The van der Waals surface area contributed by atoms with Crippen molar-refractivity contribution in [2.75, 3.05) is 17.2 Å². The lowest BCUT2D eigenvalue weighted by molar-refractivity contribution is -0.118. The molecule has 8 nitrogen and oxygen atoms in total. The van der Waals surface area contributed by atoms with Crippen molar-refractivity contribution >= 4 is 39.4 Å². The molecule has 0 aliphatic carbocycles. The van der Waals surface area contributed by atoms with Gasteiger partial charge in [-0.3, -0.25) is 14.9 Å². The molecule has 2 amide bonds. The van der Waals surface area contributed by atoms with E-state index in [4.69, 9.17) is 4.74 Å². The number of aryl methyl sites for hydroxylation is 1. The number of rotatable bonds is 5. The fourth-order valence-corrected chi connectivity index (χ4v) is 3.39. The van der Waals surface area contributed by atoms with Gasteiger partial charge in [0.15, 0.2) is 6.61 Å². The average molecular weight is 456 g/mol. The highest BCUT2D eigenvalue weighted by molar-refractivity contribution is 9.10. The topological polar surface area (TPSA) is 98.1 Å². The van der Waals surface area contributed by atoms with E-state index in [1.165, 1.54) is 6.33 Å². The Kier molecular flexibility index (Phi) is 5.30. The second-order valence-corrected chi connectivity index (χ2v) is 7.52. The van der Waals surface area contributed by atoms with Crippen molar-refractivity contribution in [3.8, 4) is 5.75 Å². The molecule has 0 saturated carbocycles. The number of benzene rings is 2. The van der Waals surface area contributed by atoms with Crippen LogP contribution in [0.2, 0.25) is 0 Å². The summed E-state index contributed by atoms with van der Waals surface area (Å²) in [5.41, 5.74) is 2.59. The highest BCUT2D eigenvalue weighted by Crippen LogP contribution is 2.30. The van der Waals surface area contributed by atoms with Crippen LogP contribution in [0.4, 0.5) is 11.6 Å². The van der Waals surface area contributed by atoms with Gasteiger partial charge in [0.2, 0.25) is 11.9 Å². The molecular formula is C20H18BrN5O3. The molecule has 0 fully saturated rings. The number of fused-ring (bicyclic) bond motifs is 1. The Labute approximate surface area is 175 Å². The van der Waals surface area contributed by atoms with Crippen molar-refractivity contribution in [3.63, 3.8) is 0 Å². The Morgan fingerprint density at radius 3 is 3.03 bits per heavy atom. The van der Waals surface area contributed by atoms with E-state index in [1.54, 1.807) is 10.7 Å². The van der Waals surface area contributed by atoms with Crippen LogP contribution in [0.15, 0.2) is 53.3 Å². The summed E-state index contributed by atoms with van der Waals surface area (Å²) >= 11 is 3.44. The van der Waals surface area contributed by atoms with Crippen LogP contribution in [0.5, 0.6) is 5.75 Å². The summed E-state index contributed by atoms with van der Waals surface area (Å²) in [5, 5.41) is 9.70. The summed E-state index contributed by atoms with van der Waals surface area (Å²) in [5.74, 6) is 0.581. The maximum Gasteiger partial charge on any atom is 0.262 e. The zero-order chi connectivity index (χ0) is 20.4. The number of anilines is 2. The van der Waals surface area contributed by atoms with Gasteiger partial charge in [-0.25, -0.2) is 4.68 Å². The Morgan fingerprint density at radius 1 is 1.34 bits per heavy atom. The van der Waals surface area contributed by atoms with Gasteiger partial charge < -0.3 is 10.1 Å². The van der Waals surface area contributed by atoms with Crippen LogP contribution < -0.4 is 15.4 Å². The lowest BCUT2D eigenvalue weighted by Gasteiger charge is -2.24. The summed E-state index contributed by atoms with van der Waals surface area (Å²) < 4.78 is 8.31. The van der Waals surface area contributed by atoms with Crippen LogP contribution in [-0.4, -0.2) is 33.2 Å². The molecule has 148 valence electrons. The molecule has 3 aromatic rings. The zero-order valence-electron chi connectivity index (χ0n) is 15.6. The molecule has 29 heavy (non-hydrogen) atoms. The number of halogens is 1. The van der Waals surface area contributed by atoms with Crippen molar-refractivity contribution in [1.29, 1.82) is 0 Å². The molecule has 0 bridgehead atoms. The Hall–Kier alpha value is -3.20. The van der Waals surface area contributed by atoms with E-state index in [9.17, 15) is 9.59 Å². The van der Waals surface area contributed by atoms with Crippen molar-refractivity contribution in [1.82, 2.24) is 14.8 Å². The smallest absolute Gasteiger partial charge is 0.262 e. The number of amides is 2. The normalized spacial score (nSPS) is 15.4. The molecule has 1 aliphatic rings. The van der Waals surface area contributed by atoms with E-state index in [1.807, 2.05) is 43.3 Å². The van der Waals surface area contributed by atoms with E-state index < -0.39 is 0 Å². The van der Waals surface area contributed by atoms with E-state index in [0.717, 1.165) is 15.6 Å². The number of aromatic nitrogens is 3. The highest BCUT2D eigenvalue weighted by Gasteiger charge is 2.27. The Morgan fingerprint density at radius 2 is 2.21 bits per heavy atom. The number of hydrogen-bond acceptors (Lipinski definition) is 5. The van der Waals surface area contributed by atoms with Crippen LogP contribution in [0.3, 0.4) is 0 Å². The first-order valence-corrected chi connectivity index (χ1v) is 9.77. The van der Waals surface area contributed by atoms with Crippen LogP contribution in [0, 0.1) is 6.92 Å². The minimum atomic E-state index is -0.274. The van der Waals surface area contributed by atoms with Crippen LogP contribution in [-0.2, 0) is 9.59 Å². The summed E-state index contributed by atoms with van der Waals surface area (Å²) in [6.07, 6.45) is 1.66. The Bertz CT molecular complexity index is 1080. The first kappa shape index (κ1) is 19.1. The van der Waals surface area contributed by atoms with E-state index in [2.05, 4.69) is 36.6 Å². The third kappa shape index (κ3) is 4.29. The number of nitrogens with one attached hydrogen (secondary N) is 2. The maximum absolute atomic E-state index is 12.2. The van der Waals surface area contributed by atoms with Gasteiger partial charge in [0.1, 0.15) is 12.1 Å². The standard InChI is InChI=1S/C20H18BrN5O3/c1-12-7-14(5-6-16(12)21)24-19(28)10-29-15-4-2-3-13(8-15)17-9-18(27)25-20-22-11-23-26(17)20/h2-8,11,17H,9-10H2,1H3,(H,24,28)(H,22,23,25,27). The summed E-state index contributed by atoms with van der Waals surface area (Å²) in [6, 6.07) is 12.6. The van der Waals surface area contributed by atoms with Crippen LogP contribution >= 0.6 is 15.9 Å². The molecule has 0 saturated heterocycles. The van der Waals surface area contributed by atoms with Crippen molar-refractivity contribution < 1.29 is 14.3 Å². The molecule has 1 atom stereocenters.